The van der Waals surface area contributed by atoms with Crippen molar-refractivity contribution < 1.29 is 0 Å². The zero-order valence-electron chi connectivity index (χ0n) is 14.2. The van der Waals surface area contributed by atoms with E-state index in [0.717, 1.165) is 54.0 Å². The van der Waals surface area contributed by atoms with E-state index in [9.17, 15) is 0 Å². The van der Waals surface area contributed by atoms with Gasteiger partial charge in [0.05, 0.1) is 29.0 Å². The van der Waals surface area contributed by atoms with Gasteiger partial charge in [0, 0.05) is 17.5 Å². The highest BCUT2D eigenvalue weighted by Crippen LogP contribution is 2.33. The van der Waals surface area contributed by atoms with E-state index in [1.54, 1.807) is 6.20 Å². The molecule has 1 saturated carbocycles. The smallest absolute Gasteiger partial charge is 0.0925 e. The molecule has 1 fully saturated rings. The molecule has 0 saturated heterocycles. The second-order valence-electron chi connectivity index (χ2n) is 6.54. The normalized spacial score (nSPS) is 21.8. The summed E-state index contributed by atoms with van der Waals surface area (Å²) in [6, 6.07) is 8.23. The second kappa shape index (κ2) is 7.53. The summed E-state index contributed by atoms with van der Waals surface area (Å²) in [5.74, 6) is 0.780. The van der Waals surface area contributed by atoms with Crippen LogP contribution in [0.4, 0.5) is 0 Å². The van der Waals surface area contributed by atoms with Gasteiger partial charge in [-0.25, -0.2) is 4.98 Å². The topological polar surface area (TPSA) is 90.2 Å². The number of fused-ring (bicyclic) bond motifs is 1. The van der Waals surface area contributed by atoms with Crippen molar-refractivity contribution in [3.05, 3.63) is 41.9 Å². The Kier molecular flexibility index (Phi) is 5.20. The molecule has 24 heavy (non-hydrogen) atoms. The number of aromatic nitrogens is 2. The number of hydrogen-bond acceptors (Lipinski definition) is 5. The fraction of sp³-hybridized carbons (Fsp3) is 0.421. The fourth-order valence-electron chi connectivity index (χ4n) is 3.10. The lowest BCUT2D eigenvalue weighted by Gasteiger charge is -2.32. The SMILES string of the molecule is CC(N)=C(C=NC1CC(CCCN)C1)c1cnc2ccccc2n1. The number of rotatable bonds is 6. The lowest BCUT2D eigenvalue weighted by Crippen LogP contribution is -2.27. The van der Waals surface area contributed by atoms with Crippen molar-refractivity contribution in [3.8, 4) is 0 Å². The maximum absolute atomic E-state index is 6.06. The molecule has 0 atom stereocenters. The molecule has 1 aliphatic carbocycles. The third kappa shape index (κ3) is 3.79. The lowest BCUT2D eigenvalue weighted by molar-refractivity contribution is 0.249. The van der Waals surface area contributed by atoms with Gasteiger partial charge in [0.2, 0.25) is 0 Å². The molecular weight excluding hydrogens is 298 g/mol. The first kappa shape index (κ1) is 16.6. The molecule has 1 heterocycles. The molecule has 5 heteroatoms. The fourth-order valence-corrected chi connectivity index (χ4v) is 3.10. The molecule has 0 amide bonds. The summed E-state index contributed by atoms with van der Waals surface area (Å²) in [6.07, 6.45) is 8.27. The van der Waals surface area contributed by atoms with Crippen LogP contribution in [0.3, 0.4) is 0 Å². The molecule has 5 nitrogen and oxygen atoms in total. The molecule has 2 aromatic rings. The second-order valence-corrected chi connectivity index (χ2v) is 6.54. The van der Waals surface area contributed by atoms with Crippen molar-refractivity contribution in [1.29, 1.82) is 0 Å². The van der Waals surface area contributed by atoms with Crippen LogP contribution in [-0.4, -0.2) is 28.8 Å². The van der Waals surface area contributed by atoms with E-state index in [2.05, 4.69) is 9.97 Å². The van der Waals surface area contributed by atoms with Gasteiger partial charge in [-0.2, -0.15) is 0 Å². The minimum absolute atomic E-state index is 0.399. The summed E-state index contributed by atoms with van der Waals surface area (Å²) in [5.41, 5.74) is 15.7. The van der Waals surface area contributed by atoms with Gasteiger partial charge in [-0.3, -0.25) is 9.98 Å². The van der Waals surface area contributed by atoms with E-state index in [0.29, 0.717) is 11.7 Å². The van der Waals surface area contributed by atoms with Crippen LogP contribution in [0.1, 0.15) is 38.3 Å². The van der Waals surface area contributed by atoms with Crippen LogP contribution in [0.5, 0.6) is 0 Å². The van der Waals surface area contributed by atoms with E-state index in [-0.39, 0.29) is 0 Å². The van der Waals surface area contributed by atoms with Crippen LogP contribution in [0.25, 0.3) is 16.6 Å². The van der Waals surface area contributed by atoms with E-state index in [1.165, 1.54) is 6.42 Å². The zero-order chi connectivity index (χ0) is 16.9. The molecule has 1 aromatic carbocycles. The molecule has 4 N–H and O–H groups in total. The number of aliphatic imine (C=N–C) groups is 1. The van der Waals surface area contributed by atoms with Gasteiger partial charge in [0.25, 0.3) is 0 Å². The van der Waals surface area contributed by atoms with Gasteiger partial charge in [-0.05, 0) is 57.2 Å². The minimum atomic E-state index is 0.399. The largest absolute Gasteiger partial charge is 0.402 e. The molecule has 0 spiro atoms. The monoisotopic (exact) mass is 323 g/mol. The van der Waals surface area contributed by atoms with Gasteiger partial charge in [-0.15, -0.1) is 0 Å². The molecular formula is C19H25N5. The highest BCUT2D eigenvalue weighted by molar-refractivity contribution is 6.10. The Hall–Kier alpha value is -2.27. The van der Waals surface area contributed by atoms with Crippen molar-refractivity contribution in [1.82, 2.24) is 9.97 Å². The quantitative estimate of drug-likeness (QED) is 0.800. The van der Waals surface area contributed by atoms with Crippen LogP contribution >= 0.6 is 0 Å². The molecule has 1 aromatic heterocycles. The zero-order valence-corrected chi connectivity index (χ0v) is 14.2. The highest BCUT2D eigenvalue weighted by atomic mass is 14.8. The Morgan fingerprint density at radius 1 is 1.29 bits per heavy atom. The maximum Gasteiger partial charge on any atom is 0.0925 e. The minimum Gasteiger partial charge on any atom is -0.402 e. The Bertz CT molecular complexity index is 755. The number of para-hydroxylation sites is 2. The maximum atomic E-state index is 6.06. The third-order valence-corrected chi connectivity index (χ3v) is 4.59. The van der Waals surface area contributed by atoms with Crippen LogP contribution in [0.2, 0.25) is 0 Å². The number of nitrogens with zero attached hydrogens (tertiary/aromatic N) is 3. The average Bonchev–Trinajstić information content (AvgIpc) is 2.55. The first-order valence-electron chi connectivity index (χ1n) is 8.59. The number of nitrogens with two attached hydrogens (primary N) is 2. The van der Waals surface area contributed by atoms with Crippen molar-refractivity contribution in [2.75, 3.05) is 6.54 Å². The number of allylic oxidation sites excluding steroid dienone is 2. The van der Waals surface area contributed by atoms with Crippen LogP contribution in [0, 0.1) is 5.92 Å². The molecule has 3 rings (SSSR count). The van der Waals surface area contributed by atoms with E-state index >= 15 is 0 Å². The molecule has 0 aliphatic heterocycles. The van der Waals surface area contributed by atoms with Crippen molar-refractivity contribution >= 4 is 22.8 Å². The van der Waals surface area contributed by atoms with E-state index in [1.807, 2.05) is 37.4 Å². The first-order valence-corrected chi connectivity index (χ1v) is 8.59. The summed E-state index contributed by atoms with van der Waals surface area (Å²) in [4.78, 5) is 13.8. The van der Waals surface area contributed by atoms with E-state index < -0.39 is 0 Å². The first-order chi connectivity index (χ1) is 11.7. The average molecular weight is 323 g/mol. The Labute approximate surface area is 142 Å². The molecule has 0 unspecified atom stereocenters. The predicted molar refractivity (Wildman–Crippen MR) is 99.6 cm³/mol. The summed E-state index contributed by atoms with van der Waals surface area (Å²) in [7, 11) is 0. The lowest BCUT2D eigenvalue weighted by atomic mass is 9.78. The number of hydrogen-bond donors (Lipinski definition) is 2. The third-order valence-electron chi connectivity index (χ3n) is 4.59. The molecule has 0 radical (unpaired) electrons. The summed E-state index contributed by atoms with van der Waals surface area (Å²) in [5, 5.41) is 0. The Morgan fingerprint density at radius 3 is 2.75 bits per heavy atom. The van der Waals surface area contributed by atoms with Crippen molar-refractivity contribution in [2.45, 2.75) is 38.6 Å². The van der Waals surface area contributed by atoms with Gasteiger partial charge < -0.3 is 11.5 Å². The van der Waals surface area contributed by atoms with Gasteiger partial charge in [-0.1, -0.05) is 12.1 Å². The van der Waals surface area contributed by atoms with Crippen molar-refractivity contribution in [2.24, 2.45) is 22.4 Å². The Balaban J connectivity index is 1.71. The van der Waals surface area contributed by atoms with Gasteiger partial charge in [0.15, 0.2) is 0 Å². The van der Waals surface area contributed by atoms with Gasteiger partial charge >= 0.3 is 0 Å². The van der Waals surface area contributed by atoms with Crippen LogP contribution in [0.15, 0.2) is 41.2 Å². The number of benzene rings is 1. The van der Waals surface area contributed by atoms with Crippen LogP contribution in [-0.2, 0) is 0 Å². The summed E-state index contributed by atoms with van der Waals surface area (Å²) < 4.78 is 0. The van der Waals surface area contributed by atoms with Crippen LogP contribution < -0.4 is 11.5 Å². The standard InChI is InChI=1S/C19H25N5/c1-13(21)16(11-22-15-9-14(10-15)5-4-8-20)19-12-23-17-6-2-3-7-18(17)24-19/h2-3,6-7,11-12,14-15H,4-5,8-10,20-21H2,1H3. The predicted octanol–water partition coefficient (Wildman–Crippen LogP) is 2.91. The molecule has 1 aliphatic rings. The van der Waals surface area contributed by atoms with Crippen molar-refractivity contribution in [3.63, 3.8) is 0 Å². The Morgan fingerprint density at radius 2 is 2.04 bits per heavy atom. The van der Waals surface area contributed by atoms with E-state index in [4.69, 9.17) is 16.5 Å². The molecule has 0 bridgehead atoms. The summed E-state index contributed by atoms with van der Waals surface area (Å²) >= 11 is 0. The highest BCUT2D eigenvalue weighted by Gasteiger charge is 2.27. The summed E-state index contributed by atoms with van der Waals surface area (Å²) in [6.45, 7) is 2.66. The molecule has 126 valence electrons. The van der Waals surface area contributed by atoms with Gasteiger partial charge in [0.1, 0.15) is 0 Å².